The molecule has 1 unspecified atom stereocenters. The first-order chi connectivity index (χ1) is 16.7. The molecule has 1 N–H and O–H groups in total. The molecule has 34 heavy (non-hydrogen) atoms. The number of carbonyl (C=O) groups is 1. The van der Waals surface area contributed by atoms with E-state index in [0.717, 1.165) is 44.6 Å². The van der Waals surface area contributed by atoms with Gasteiger partial charge >= 0.3 is 0 Å². The Bertz CT molecular complexity index is 1030. The molecule has 0 spiro atoms. The highest BCUT2D eigenvalue weighted by Crippen LogP contribution is 2.52. The molecule has 0 aromatic heterocycles. The molecule has 1 amide bonds. The fourth-order valence-electron chi connectivity index (χ4n) is 6.75. The third kappa shape index (κ3) is 4.32. The van der Waals surface area contributed by atoms with Crippen LogP contribution in [-0.4, -0.2) is 37.0 Å². The lowest BCUT2D eigenvalue weighted by Crippen LogP contribution is -2.58. The lowest BCUT2D eigenvalue weighted by molar-refractivity contribution is -0.134. The Balaban J connectivity index is 1.21. The number of nitrogens with zero attached hydrogens (tertiary/aromatic N) is 2. The summed E-state index contributed by atoms with van der Waals surface area (Å²) in [5, 5.41) is 3.29. The van der Waals surface area contributed by atoms with Gasteiger partial charge in [0, 0.05) is 13.1 Å². The number of amides is 1. The molecular weight excluding hydrogens is 422 g/mol. The molecule has 2 fully saturated rings. The second-order valence-corrected chi connectivity index (χ2v) is 10.1. The highest BCUT2D eigenvalue weighted by Gasteiger charge is 2.55. The molecule has 178 valence electrons. The van der Waals surface area contributed by atoms with Gasteiger partial charge in [0.1, 0.15) is 5.75 Å². The monoisotopic (exact) mass is 457 g/mol. The van der Waals surface area contributed by atoms with Crippen LogP contribution in [0.15, 0.2) is 48.5 Å². The molecule has 5 nitrogen and oxygen atoms in total. The van der Waals surface area contributed by atoms with Gasteiger partial charge in [-0.1, -0.05) is 49.2 Å². The Morgan fingerprint density at radius 3 is 2.44 bits per heavy atom. The van der Waals surface area contributed by atoms with E-state index in [1.54, 1.807) is 12.1 Å². The highest BCUT2D eigenvalue weighted by atomic mass is 16.5. The summed E-state index contributed by atoms with van der Waals surface area (Å²) < 4.78 is 5.87. The molecule has 3 aliphatic rings. The number of benzene rings is 2. The fraction of sp³-hybridized carbons (Fsp3) is 0.517. The molecule has 1 saturated carbocycles. The van der Waals surface area contributed by atoms with Crippen LogP contribution in [0.3, 0.4) is 0 Å². The Hall–Kier alpha value is -2.84. The van der Waals surface area contributed by atoms with E-state index >= 15 is 0 Å². The number of nitrogens with one attached hydrogen (secondary N) is 1. The van der Waals surface area contributed by atoms with Crippen LogP contribution in [0.25, 0.3) is 4.85 Å². The summed E-state index contributed by atoms with van der Waals surface area (Å²) in [5.41, 5.74) is 2.93. The molecule has 2 aromatic carbocycles. The van der Waals surface area contributed by atoms with Crippen molar-refractivity contribution < 1.29 is 9.53 Å². The van der Waals surface area contributed by atoms with Crippen molar-refractivity contribution in [3.05, 3.63) is 71.1 Å². The van der Waals surface area contributed by atoms with Gasteiger partial charge < -0.3 is 15.0 Å². The molecule has 2 aliphatic heterocycles. The summed E-state index contributed by atoms with van der Waals surface area (Å²) in [6.07, 6.45) is 8.00. The number of ether oxygens (including phenoxy) is 1. The molecule has 1 saturated heterocycles. The fourth-order valence-corrected chi connectivity index (χ4v) is 6.75. The first-order valence-corrected chi connectivity index (χ1v) is 12.9. The van der Waals surface area contributed by atoms with Gasteiger partial charge in [0.2, 0.25) is 5.91 Å². The number of hydrogen-bond donors (Lipinski definition) is 1. The standard InChI is InChI=1S/C29H35N3O2/c1-30-25-11-13-26(14-12-25)34-20-6-17-32-18-15-24(16-19-32)29(23-8-3-4-9-23)27-10-5-2-7-22(27)21-31-28(29)33/h2,5,7,10-14,23-24H,3-4,6,8-9,15-21H2,(H,31,33). The molecular formula is C29H35N3O2. The van der Waals surface area contributed by atoms with Crippen LogP contribution in [0.5, 0.6) is 5.75 Å². The summed E-state index contributed by atoms with van der Waals surface area (Å²) in [7, 11) is 0. The number of piperidine rings is 1. The van der Waals surface area contributed by atoms with Gasteiger partial charge in [-0.15, -0.1) is 0 Å². The van der Waals surface area contributed by atoms with E-state index < -0.39 is 0 Å². The van der Waals surface area contributed by atoms with E-state index in [9.17, 15) is 4.79 Å². The Morgan fingerprint density at radius 1 is 1.00 bits per heavy atom. The van der Waals surface area contributed by atoms with E-state index in [1.807, 2.05) is 12.1 Å². The van der Waals surface area contributed by atoms with Crippen molar-refractivity contribution in [3.8, 4) is 5.75 Å². The van der Waals surface area contributed by atoms with Crippen LogP contribution in [-0.2, 0) is 16.8 Å². The number of hydrogen-bond acceptors (Lipinski definition) is 3. The summed E-state index contributed by atoms with van der Waals surface area (Å²) in [6, 6.07) is 16.0. The van der Waals surface area contributed by atoms with Gasteiger partial charge in [0.15, 0.2) is 5.69 Å². The van der Waals surface area contributed by atoms with Gasteiger partial charge in [0.05, 0.1) is 18.6 Å². The summed E-state index contributed by atoms with van der Waals surface area (Å²) >= 11 is 0. The van der Waals surface area contributed by atoms with Crippen LogP contribution in [0.1, 0.15) is 56.1 Å². The minimum atomic E-state index is -0.349. The van der Waals surface area contributed by atoms with Crippen molar-refractivity contribution in [1.82, 2.24) is 10.2 Å². The minimum Gasteiger partial charge on any atom is -0.494 e. The van der Waals surface area contributed by atoms with Crippen molar-refractivity contribution in [2.24, 2.45) is 11.8 Å². The van der Waals surface area contributed by atoms with Gasteiger partial charge in [0.25, 0.3) is 0 Å². The number of fused-ring (bicyclic) bond motifs is 1. The maximum Gasteiger partial charge on any atom is 0.231 e. The molecule has 0 bridgehead atoms. The van der Waals surface area contributed by atoms with Crippen molar-refractivity contribution in [2.45, 2.75) is 56.9 Å². The molecule has 1 atom stereocenters. The Kier molecular flexibility index (Phi) is 6.87. The predicted molar refractivity (Wildman–Crippen MR) is 134 cm³/mol. The van der Waals surface area contributed by atoms with E-state index in [0.29, 0.717) is 30.7 Å². The third-order valence-electron chi connectivity index (χ3n) is 8.36. The minimum absolute atomic E-state index is 0.286. The average Bonchev–Trinajstić information content (AvgIpc) is 3.43. The second-order valence-electron chi connectivity index (χ2n) is 10.1. The first kappa shape index (κ1) is 22.9. The van der Waals surface area contributed by atoms with Crippen LogP contribution in [0.4, 0.5) is 5.69 Å². The van der Waals surface area contributed by atoms with Crippen molar-refractivity contribution >= 4 is 11.6 Å². The van der Waals surface area contributed by atoms with E-state index in [-0.39, 0.29) is 11.3 Å². The maximum absolute atomic E-state index is 13.7. The lowest BCUT2D eigenvalue weighted by atomic mass is 9.57. The maximum atomic E-state index is 13.7. The van der Waals surface area contributed by atoms with Crippen molar-refractivity contribution in [3.63, 3.8) is 0 Å². The summed E-state index contributed by atoms with van der Waals surface area (Å²) in [4.78, 5) is 19.6. The number of carbonyl (C=O) groups excluding carboxylic acids is 1. The van der Waals surface area contributed by atoms with E-state index in [1.165, 1.54) is 36.8 Å². The SMILES string of the molecule is [C-]#[N+]c1ccc(OCCCN2CCC(C3(C4CCCC4)C(=O)NCc4ccccc43)CC2)cc1. The predicted octanol–water partition coefficient (Wildman–Crippen LogP) is 5.48. The smallest absolute Gasteiger partial charge is 0.231 e. The normalized spacial score (nSPS) is 23.8. The van der Waals surface area contributed by atoms with E-state index in [4.69, 9.17) is 11.3 Å². The zero-order valence-corrected chi connectivity index (χ0v) is 20.0. The largest absolute Gasteiger partial charge is 0.494 e. The Labute approximate surface area is 203 Å². The summed E-state index contributed by atoms with van der Waals surface area (Å²) in [6.45, 7) is 11.5. The zero-order valence-electron chi connectivity index (χ0n) is 20.0. The van der Waals surface area contributed by atoms with Crippen LogP contribution >= 0.6 is 0 Å². The lowest BCUT2D eigenvalue weighted by Gasteiger charge is -2.50. The molecule has 2 heterocycles. The molecule has 5 rings (SSSR count). The molecule has 0 radical (unpaired) electrons. The van der Waals surface area contributed by atoms with Gasteiger partial charge in [-0.3, -0.25) is 4.79 Å². The highest BCUT2D eigenvalue weighted by molar-refractivity contribution is 5.91. The van der Waals surface area contributed by atoms with Gasteiger partial charge in [-0.05, 0) is 80.3 Å². The quantitative estimate of drug-likeness (QED) is 0.443. The Morgan fingerprint density at radius 2 is 1.71 bits per heavy atom. The van der Waals surface area contributed by atoms with Crippen LogP contribution in [0.2, 0.25) is 0 Å². The van der Waals surface area contributed by atoms with E-state index in [2.05, 4.69) is 39.3 Å². The van der Waals surface area contributed by atoms with Crippen molar-refractivity contribution in [2.75, 3.05) is 26.2 Å². The topological polar surface area (TPSA) is 45.9 Å². The summed E-state index contributed by atoms with van der Waals surface area (Å²) in [5.74, 6) is 1.99. The average molecular weight is 458 g/mol. The molecule has 5 heteroatoms. The van der Waals surface area contributed by atoms with Gasteiger partial charge in [-0.2, -0.15) is 0 Å². The molecule has 1 aliphatic carbocycles. The second kappa shape index (κ2) is 10.2. The van der Waals surface area contributed by atoms with Crippen LogP contribution in [0, 0.1) is 18.4 Å². The van der Waals surface area contributed by atoms with Crippen LogP contribution < -0.4 is 10.1 Å². The zero-order chi connectivity index (χ0) is 23.4. The molecule has 2 aromatic rings. The first-order valence-electron chi connectivity index (χ1n) is 12.9. The van der Waals surface area contributed by atoms with Crippen molar-refractivity contribution in [1.29, 1.82) is 0 Å². The van der Waals surface area contributed by atoms with Gasteiger partial charge in [-0.25, -0.2) is 4.85 Å². The number of likely N-dealkylation sites (tertiary alicyclic amines) is 1. The third-order valence-corrected chi connectivity index (χ3v) is 8.36. The number of rotatable bonds is 7.